The summed E-state index contributed by atoms with van der Waals surface area (Å²) in [6.07, 6.45) is 0.605. The van der Waals surface area contributed by atoms with E-state index in [-0.39, 0.29) is 17.0 Å². The average Bonchev–Trinajstić information content (AvgIpc) is 2.79. The molecule has 3 aromatic rings. The van der Waals surface area contributed by atoms with E-state index in [0.717, 1.165) is 8.28 Å². The van der Waals surface area contributed by atoms with Gasteiger partial charge < -0.3 is 5.73 Å². The van der Waals surface area contributed by atoms with Crippen molar-refractivity contribution in [2.75, 3.05) is 19.8 Å². The van der Waals surface area contributed by atoms with Crippen molar-refractivity contribution >= 4 is 44.2 Å². The Hall–Kier alpha value is -2.45. The Bertz CT molecular complexity index is 1010. The predicted molar refractivity (Wildman–Crippen MR) is 85.0 cm³/mol. The minimum atomic E-state index is -3.78. The van der Waals surface area contributed by atoms with Crippen molar-refractivity contribution in [3.63, 3.8) is 0 Å². The van der Waals surface area contributed by atoms with E-state index in [1.807, 2.05) is 0 Å². The molecule has 2 heterocycles. The minimum Gasteiger partial charge on any atom is -0.383 e. The highest BCUT2D eigenvalue weighted by molar-refractivity contribution is 7.87. The quantitative estimate of drug-likeness (QED) is 0.733. The molecule has 0 aliphatic heterocycles. The van der Waals surface area contributed by atoms with E-state index >= 15 is 0 Å². The third kappa shape index (κ3) is 1.88. The molecule has 0 saturated heterocycles. The maximum Gasteiger partial charge on any atom is 0.309 e. The van der Waals surface area contributed by atoms with Gasteiger partial charge in [-0.1, -0.05) is 18.2 Å². The molecule has 0 spiro atoms. The predicted octanol–water partition coefficient (Wildman–Crippen LogP) is 1.24. The van der Waals surface area contributed by atoms with Crippen LogP contribution in [0, 0.1) is 0 Å². The summed E-state index contributed by atoms with van der Waals surface area (Å²) in [6, 6.07) is 8.58. The van der Waals surface area contributed by atoms with Crippen LogP contribution in [0.4, 0.5) is 5.82 Å². The van der Waals surface area contributed by atoms with Gasteiger partial charge in [-0.3, -0.25) is 4.79 Å². The number of rotatable bonds is 3. The van der Waals surface area contributed by atoms with Crippen LogP contribution in [-0.2, 0) is 10.2 Å². The van der Waals surface area contributed by atoms with Crippen molar-refractivity contribution in [3.8, 4) is 0 Å². The standard InChI is InChI=1S/C14H14N4O3S/c1-17(2)22(20,21)18-12-6-4-3-5-10(12)11-7-9(8-19)13(15)16-14(11)18/h3-8H,1-2H3,(H2,15,16). The molecule has 22 heavy (non-hydrogen) atoms. The SMILES string of the molecule is CN(C)S(=O)(=O)n1c2ccccc2c2cc(C=O)c(N)nc21. The third-order valence-corrected chi connectivity index (χ3v) is 5.24. The molecule has 8 heteroatoms. The number of hydrogen-bond donors (Lipinski definition) is 1. The summed E-state index contributed by atoms with van der Waals surface area (Å²) in [5, 5.41) is 1.26. The maximum absolute atomic E-state index is 12.6. The number of pyridine rings is 1. The van der Waals surface area contributed by atoms with E-state index < -0.39 is 10.2 Å². The van der Waals surface area contributed by atoms with Crippen LogP contribution in [0.25, 0.3) is 21.9 Å². The third-order valence-electron chi connectivity index (χ3n) is 3.49. The summed E-state index contributed by atoms with van der Waals surface area (Å²) in [7, 11) is -0.892. The maximum atomic E-state index is 12.6. The summed E-state index contributed by atoms with van der Waals surface area (Å²) < 4.78 is 27.5. The van der Waals surface area contributed by atoms with Crippen LogP contribution in [0.15, 0.2) is 30.3 Å². The number of aromatic nitrogens is 2. The number of para-hydroxylation sites is 1. The van der Waals surface area contributed by atoms with Crippen molar-refractivity contribution in [2.24, 2.45) is 0 Å². The van der Waals surface area contributed by atoms with Crippen LogP contribution in [0.3, 0.4) is 0 Å². The Morgan fingerprint density at radius 3 is 2.55 bits per heavy atom. The van der Waals surface area contributed by atoms with Gasteiger partial charge in [0.15, 0.2) is 11.9 Å². The lowest BCUT2D eigenvalue weighted by Gasteiger charge is -2.14. The van der Waals surface area contributed by atoms with Crippen LogP contribution in [0.2, 0.25) is 0 Å². The Morgan fingerprint density at radius 1 is 1.23 bits per heavy atom. The monoisotopic (exact) mass is 318 g/mol. The van der Waals surface area contributed by atoms with Gasteiger partial charge in [0.1, 0.15) is 5.82 Å². The number of nitrogen functional groups attached to an aromatic ring is 1. The van der Waals surface area contributed by atoms with Gasteiger partial charge in [0.05, 0.1) is 11.1 Å². The van der Waals surface area contributed by atoms with E-state index in [9.17, 15) is 13.2 Å². The number of nitrogens with zero attached hydrogens (tertiary/aromatic N) is 3. The minimum absolute atomic E-state index is 0.000474. The van der Waals surface area contributed by atoms with Crippen molar-refractivity contribution < 1.29 is 13.2 Å². The van der Waals surface area contributed by atoms with Gasteiger partial charge in [0.25, 0.3) is 0 Å². The molecular formula is C14H14N4O3S. The summed E-state index contributed by atoms with van der Waals surface area (Å²) in [4.78, 5) is 15.2. The normalized spacial score (nSPS) is 12.3. The van der Waals surface area contributed by atoms with Gasteiger partial charge in [0.2, 0.25) is 0 Å². The largest absolute Gasteiger partial charge is 0.383 e. The van der Waals surface area contributed by atoms with Crippen LogP contribution >= 0.6 is 0 Å². The molecule has 114 valence electrons. The number of carbonyl (C=O) groups is 1. The highest BCUT2D eigenvalue weighted by Gasteiger charge is 2.24. The number of hydrogen-bond acceptors (Lipinski definition) is 5. The van der Waals surface area contributed by atoms with E-state index in [4.69, 9.17) is 5.73 Å². The lowest BCUT2D eigenvalue weighted by Crippen LogP contribution is -2.28. The highest BCUT2D eigenvalue weighted by atomic mass is 32.2. The van der Waals surface area contributed by atoms with Gasteiger partial charge in [-0.15, -0.1) is 0 Å². The molecule has 0 unspecified atom stereocenters. The van der Waals surface area contributed by atoms with Gasteiger partial charge in [-0.05, 0) is 12.1 Å². The number of fused-ring (bicyclic) bond motifs is 3. The topological polar surface area (TPSA) is 98.3 Å². The smallest absolute Gasteiger partial charge is 0.309 e. The molecule has 2 N–H and O–H groups in total. The first-order chi connectivity index (χ1) is 10.4. The molecule has 0 fully saturated rings. The number of anilines is 1. The van der Waals surface area contributed by atoms with Crippen molar-refractivity contribution in [1.29, 1.82) is 0 Å². The number of nitrogens with two attached hydrogens (primary N) is 1. The fourth-order valence-corrected chi connectivity index (χ4v) is 3.46. The van der Waals surface area contributed by atoms with Crippen LogP contribution in [-0.4, -0.2) is 42.1 Å². The molecule has 0 aliphatic rings. The molecule has 0 atom stereocenters. The second-order valence-corrected chi connectivity index (χ2v) is 7.01. The molecule has 0 bridgehead atoms. The van der Waals surface area contributed by atoms with Crippen LogP contribution < -0.4 is 5.73 Å². The fourth-order valence-electron chi connectivity index (χ4n) is 2.37. The second kappa shape index (κ2) is 4.79. The Morgan fingerprint density at radius 2 is 1.91 bits per heavy atom. The van der Waals surface area contributed by atoms with Gasteiger partial charge >= 0.3 is 10.2 Å². The summed E-state index contributed by atoms with van der Waals surface area (Å²) in [6.45, 7) is 0. The van der Waals surface area contributed by atoms with Gasteiger partial charge in [0, 0.05) is 24.9 Å². The molecule has 0 amide bonds. The number of aldehydes is 1. The van der Waals surface area contributed by atoms with Gasteiger partial charge in [-0.2, -0.15) is 12.7 Å². The first-order valence-corrected chi connectivity index (χ1v) is 7.85. The van der Waals surface area contributed by atoms with Crippen molar-refractivity contribution in [1.82, 2.24) is 13.3 Å². The highest BCUT2D eigenvalue weighted by Crippen LogP contribution is 2.31. The first kappa shape index (κ1) is 14.5. The number of benzene rings is 1. The average molecular weight is 318 g/mol. The second-order valence-electron chi connectivity index (χ2n) is 5.02. The van der Waals surface area contributed by atoms with Crippen molar-refractivity contribution in [2.45, 2.75) is 0 Å². The summed E-state index contributed by atoms with van der Waals surface area (Å²) >= 11 is 0. The first-order valence-electron chi connectivity index (χ1n) is 6.46. The molecule has 1 aromatic carbocycles. The van der Waals surface area contributed by atoms with Crippen LogP contribution in [0.5, 0.6) is 0 Å². The fraction of sp³-hybridized carbons (Fsp3) is 0.143. The zero-order valence-corrected chi connectivity index (χ0v) is 12.8. The molecular weight excluding hydrogens is 304 g/mol. The lowest BCUT2D eigenvalue weighted by atomic mass is 10.1. The van der Waals surface area contributed by atoms with E-state index in [1.165, 1.54) is 14.1 Å². The van der Waals surface area contributed by atoms with Crippen LogP contribution in [0.1, 0.15) is 10.4 Å². The molecule has 0 radical (unpaired) electrons. The van der Waals surface area contributed by atoms with E-state index in [0.29, 0.717) is 22.6 Å². The summed E-state index contributed by atoms with van der Waals surface area (Å²) in [5.41, 5.74) is 6.67. The molecule has 2 aromatic heterocycles. The van der Waals surface area contributed by atoms with Crippen molar-refractivity contribution in [3.05, 3.63) is 35.9 Å². The molecule has 3 rings (SSSR count). The molecule has 0 aliphatic carbocycles. The Kier molecular flexibility index (Phi) is 3.15. The molecule has 0 saturated carbocycles. The zero-order chi connectivity index (χ0) is 16.1. The molecule has 7 nitrogen and oxygen atoms in total. The summed E-state index contributed by atoms with van der Waals surface area (Å²) in [5.74, 6) is 0.000474. The van der Waals surface area contributed by atoms with E-state index in [2.05, 4.69) is 4.98 Å². The van der Waals surface area contributed by atoms with Gasteiger partial charge in [-0.25, -0.2) is 8.96 Å². The number of carbonyl (C=O) groups excluding carboxylic acids is 1. The Labute approximate surface area is 127 Å². The Balaban J connectivity index is 2.59. The van der Waals surface area contributed by atoms with E-state index in [1.54, 1.807) is 30.3 Å². The lowest BCUT2D eigenvalue weighted by molar-refractivity contribution is 0.112. The zero-order valence-electron chi connectivity index (χ0n) is 12.0.